The standard InChI is InChI=1S/C28H32BrN3O6S2/c29-24-17-21(14-15-23(24)26-19-27(33)32-40(26,37)38)18-25(31-39(35,36)22-12-5-2-6-13-22)28(34)30-16-8-7-11-20-9-3-1-4-10-20/h1-6,9-10,12-15,17,25-26,31,37-38H,7-8,11,16,18-19H2,(H,30,34)(H,32,33). The van der Waals surface area contributed by atoms with Crippen LogP contribution in [0.25, 0.3) is 0 Å². The summed E-state index contributed by atoms with van der Waals surface area (Å²) in [6, 6.07) is 21.9. The quantitative estimate of drug-likeness (QED) is 0.180. The van der Waals surface area contributed by atoms with Gasteiger partial charge in [-0.2, -0.15) is 4.72 Å². The molecule has 1 aliphatic rings. The number of benzene rings is 3. The number of aryl methyl sites for hydroxylation is 1. The molecule has 0 saturated carbocycles. The number of carbonyl (C=O) groups is 2. The van der Waals surface area contributed by atoms with Crippen molar-refractivity contribution in [1.82, 2.24) is 14.8 Å². The van der Waals surface area contributed by atoms with E-state index in [1.165, 1.54) is 17.7 Å². The van der Waals surface area contributed by atoms with E-state index in [0.29, 0.717) is 22.1 Å². The summed E-state index contributed by atoms with van der Waals surface area (Å²) in [4.78, 5) is 25.0. The van der Waals surface area contributed by atoms with E-state index in [9.17, 15) is 27.1 Å². The van der Waals surface area contributed by atoms with Gasteiger partial charge in [-0.3, -0.25) is 23.4 Å². The predicted molar refractivity (Wildman–Crippen MR) is 159 cm³/mol. The molecule has 2 atom stereocenters. The number of unbranched alkanes of at least 4 members (excludes halogenated alkanes) is 1. The molecule has 214 valence electrons. The molecule has 1 aliphatic heterocycles. The summed E-state index contributed by atoms with van der Waals surface area (Å²) in [6.07, 6.45) is 2.48. The van der Waals surface area contributed by atoms with Crippen LogP contribution in [0.3, 0.4) is 0 Å². The maximum atomic E-state index is 13.2. The first-order valence-electron chi connectivity index (χ1n) is 12.8. The summed E-state index contributed by atoms with van der Waals surface area (Å²) in [6.45, 7) is 0.401. The Balaban J connectivity index is 1.46. The fraction of sp³-hybridized carbons (Fsp3) is 0.286. The second kappa shape index (κ2) is 13.3. The Labute approximate surface area is 244 Å². The minimum Gasteiger partial charge on any atom is -0.355 e. The first-order chi connectivity index (χ1) is 19.0. The van der Waals surface area contributed by atoms with Gasteiger partial charge in [0.1, 0.15) is 11.3 Å². The van der Waals surface area contributed by atoms with E-state index >= 15 is 0 Å². The minimum absolute atomic E-state index is 0.0517. The average Bonchev–Trinajstić information content (AvgIpc) is 3.20. The Hall–Kier alpha value is -2.74. The van der Waals surface area contributed by atoms with E-state index in [4.69, 9.17) is 0 Å². The second-order valence-corrected chi connectivity index (χ2v) is 14.1. The van der Waals surface area contributed by atoms with Crippen molar-refractivity contribution < 1.29 is 27.1 Å². The molecule has 1 fully saturated rings. The van der Waals surface area contributed by atoms with Crippen molar-refractivity contribution in [1.29, 1.82) is 0 Å². The molecule has 40 heavy (non-hydrogen) atoms. The van der Waals surface area contributed by atoms with Crippen molar-refractivity contribution in [3.8, 4) is 0 Å². The fourth-order valence-corrected chi connectivity index (χ4v) is 8.10. The average molecular weight is 651 g/mol. The third-order valence-corrected chi connectivity index (χ3v) is 10.5. The first-order valence-corrected chi connectivity index (χ1v) is 16.7. The number of amides is 2. The van der Waals surface area contributed by atoms with E-state index in [-0.39, 0.29) is 17.7 Å². The molecule has 2 unspecified atom stereocenters. The Morgan fingerprint density at radius 3 is 2.30 bits per heavy atom. The lowest BCUT2D eigenvalue weighted by molar-refractivity contribution is -0.122. The zero-order chi connectivity index (χ0) is 28.8. The molecule has 1 heterocycles. The summed E-state index contributed by atoms with van der Waals surface area (Å²) in [5.74, 6) is -0.893. The molecule has 3 aromatic carbocycles. The highest BCUT2D eigenvalue weighted by atomic mass is 79.9. The van der Waals surface area contributed by atoms with E-state index in [1.807, 2.05) is 18.2 Å². The van der Waals surface area contributed by atoms with Crippen LogP contribution in [0.5, 0.6) is 0 Å². The summed E-state index contributed by atoms with van der Waals surface area (Å²) in [7, 11) is -7.31. The van der Waals surface area contributed by atoms with Gasteiger partial charge in [0.15, 0.2) is 0 Å². The highest BCUT2D eigenvalue weighted by Gasteiger charge is 2.39. The number of halogens is 1. The summed E-state index contributed by atoms with van der Waals surface area (Å²) in [5, 5.41) is 2.05. The van der Waals surface area contributed by atoms with Gasteiger partial charge in [-0.25, -0.2) is 8.42 Å². The molecule has 0 radical (unpaired) electrons. The third-order valence-electron chi connectivity index (χ3n) is 6.58. The van der Waals surface area contributed by atoms with Crippen LogP contribution < -0.4 is 14.8 Å². The molecule has 2 amide bonds. The van der Waals surface area contributed by atoms with Crippen molar-refractivity contribution in [2.75, 3.05) is 6.54 Å². The van der Waals surface area contributed by atoms with E-state index < -0.39 is 43.9 Å². The second-order valence-electron chi connectivity index (χ2n) is 9.59. The molecule has 3 aromatic rings. The normalized spacial score (nSPS) is 18.1. The van der Waals surface area contributed by atoms with Crippen molar-refractivity contribution in [3.63, 3.8) is 0 Å². The molecule has 0 bridgehead atoms. The molecule has 12 heteroatoms. The van der Waals surface area contributed by atoms with Crippen LogP contribution in [0, 0.1) is 0 Å². The molecule has 9 nitrogen and oxygen atoms in total. The van der Waals surface area contributed by atoms with E-state index in [2.05, 4.69) is 42.8 Å². The SMILES string of the molecule is O=C1CC(c2ccc(CC(NS(=O)(=O)c3ccccc3)C(=O)NCCCCc3ccccc3)cc2Br)S(O)(O)N1. The molecule has 0 spiro atoms. The molecule has 0 aromatic heterocycles. The van der Waals surface area contributed by atoms with Crippen LogP contribution in [0.2, 0.25) is 0 Å². The maximum Gasteiger partial charge on any atom is 0.241 e. The highest BCUT2D eigenvalue weighted by molar-refractivity contribution is 9.10. The van der Waals surface area contributed by atoms with E-state index in [1.54, 1.807) is 36.4 Å². The topological polar surface area (TPSA) is 145 Å². The number of nitrogens with one attached hydrogen (secondary N) is 3. The Morgan fingerprint density at radius 2 is 1.68 bits per heavy atom. The number of rotatable bonds is 12. The van der Waals surface area contributed by atoms with Gasteiger partial charge in [0.05, 0.1) is 11.3 Å². The minimum atomic E-state index is -3.98. The monoisotopic (exact) mass is 649 g/mol. The summed E-state index contributed by atoms with van der Waals surface area (Å²) < 4.78 is 52.0. The summed E-state index contributed by atoms with van der Waals surface area (Å²) in [5.41, 5.74) is 2.39. The third kappa shape index (κ3) is 7.93. The zero-order valence-corrected chi connectivity index (χ0v) is 24.8. The highest BCUT2D eigenvalue weighted by Crippen LogP contribution is 2.57. The van der Waals surface area contributed by atoms with Crippen LogP contribution in [0.15, 0.2) is 88.2 Å². The van der Waals surface area contributed by atoms with Gasteiger partial charge in [-0.05, 0) is 60.6 Å². The molecule has 5 N–H and O–H groups in total. The number of sulfonamides is 1. The molecule has 0 aliphatic carbocycles. The van der Waals surface area contributed by atoms with E-state index in [0.717, 1.165) is 19.3 Å². The van der Waals surface area contributed by atoms with Crippen molar-refractivity contribution in [3.05, 3.63) is 100 Å². The molecule has 1 saturated heterocycles. The molecular weight excluding hydrogens is 618 g/mol. The van der Waals surface area contributed by atoms with Gasteiger partial charge in [-0.15, -0.1) is 10.8 Å². The van der Waals surface area contributed by atoms with Gasteiger partial charge >= 0.3 is 0 Å². The lowest BCUT2D eigenvalue weighted by Gasteiger charge is -2.33. The number of hydrogen-bond donors (Lipinski definition) is 5. The summed E-state index contributed by atoms with van der Waals surface area (Å²) >= 11 is 3.45. The van der Waals surface area contributed by atoms with Gasteiger partial charge in [-0.1, -0.05) is 76.6 Å². The van der Waals surface area contributed by atoms with Gasteiger partial charge in [0.25, 0.3) is 0 Å². The Bertz CT molecular complexity index is 1440. The predicted octanol–water partition coefficient (Wildman–Crippen LogP) is 4.70. The van der Waals surface area contributed by atoms with Crippen molar-refractivity contribution in [2.24, 2.45) is 0 Å². The van der Waals surface area contributed by atoms with Crippen LogP contribution >= 0.6 is 26.7 Å². The smallest absolute Gasteiger partial charge is 0.241 e. The zero-order valence-electron chi connectivity index (χ0n) is 21.6. The Kier molecular flexibility index (Phi) is 10.0. The first kappa shape index (κ1) is 30.2. The number of hydrogen-bond acceptors (Lipinski definition) is 6. The van der Waals surface area contributed by atoms with Crippen molar-refractivity contribution in [2.45, 2.75) is 48.3 Å². The largest absolute Gasteiger partial charge is 0.355 e. The van der Waals surface area contributed by atoms with Crippen LogP contribution in [-0.2, 0) is 32.5 Å². The van der Waals surface area contributed by atoms with Crippen LogP contribution in [0.4, 0.5) is 0 Å². The van der Waals surface area contributed by atoms with Crippen LogP contribution in [-0.4, -0.2) is 41.9 Å². The lowest BCUT2D eigenvalue weighted by Crippen LogP contribution is -2.48. The fourth-order valence-electron chi connectivity index (χ4n) is 4.52. The van der Waals surface area contributed by atoms with Gasteiger partial charge in [0.2, 0.25) is 21.8 Å². The van der Waals surface area contributed by atoms with Gasteiger partial charge in [0, 0.05) is 11.0 Å². The molecular formula is C28H32BrN3O6S2. The number of carbonyl (C=O) groups excluding carboxylic acids is 2. The van der Waals surface area contributed by atoms with Crippen LogP contribution in [0.1, 0.15) is 41.2 Å². The van der Waals surface area contributed by atoms with Crippen molar-refractivity contribution >= 4 is 48.5 Å². The van der Waals surface area contributed by atoms with Gasteiger partial charge < -0.3 is 5.32 Å². The Morgan fingerprint density at radius 1 is 1.00 bits per heavy atom. The molecule has 4 rings (SSSR count). The lowest BCUT2D eigenvalue weighted by atomic mass is 10.0. The maximum absolute atomic E-state index is 13.2.